The van der Waals surface area contributed by atoms with Gasteiger partial charge in [0.05, 0.1) is 6.61 Å². The number of aliphatic hydroxyl groups is 3. The number of nitrogens with one attached hydrogen (secondary N) is 1. The van der Waals surface area contributed by atoms with Gasteiger partial charge in [-0.15, -0.1) is 0 Å². The summed E-state index contributed by atoms with van der Waals surface area (Å²) in [6.45, 7) is 0.812. The number of hydrogen-bond donors (Lipinski definition) is 4. The molecule has 0 unspecified atom stereocenters. The van der Waals surface area contributed by atoms with Gasteiger partial charge in [0.25, 0.3) is 0 Å². The Morgan fingerprint density at radius 1 is 1.16 bits per heavy atom. The summed E-state index contributed by atoms with van der Waals surface area (Å²) in [5, 5.41) is 34.2. The summed E-state index contributed by atoms with van der Waals surface area (Å²) in [6.07, 6.45) is -4.73. The van der Waals surface area contributed by atoms with E-state index in [1.165, 1.54) is 6.92 Å². The fourth-order valence-corrected chi connectivity index (χ4v) is 2.95. The average Bonchev–Trinajstić information content (AvgIpc) is 2.61. The maximum absolute atomic E-state index is 11.4. The molecule has 0 aromatic heterocycles. The minimum Gasteiger partial charge on any atom is -0.463 e. The van der Waals surface area contributed by atoms with Crippen LogP contribution in [0.5, 0.6) is 5.75 Å². The maximum Gasteiger partial charge on any atom is 0.223 e. The van der Waals surface area contributed by atoms with Crippen molar-refractivity contribution in [2.75, 3.05) is 6.61 Å². The highest BCUT2D eigenvalue weighted by Crippen LogP contribution is 2.26. The summed E-state index contributed by atoms with van der Waals surface area (Å²) in [7, 11) is 0. The fourth-order valence-electron chi connectivity index (χ4n) is 2.95. The van der Waals surface area contributed by atoms with E-state index < -0.39 is 43.2 Å². The Hall–Kier alpha value is -2.19. The molecule has 0 spiro atoms. The van der Waals surface area contributed by atoms with Crippen molar-refractivity contribution in [1.29, 1.82) is 0 Å². The maximum atomic E-state index is 11.4. The van der Waals surface area contributed by atoms with Crippen molar-refractivity contribution >= 4 is 16.7 Å². The van der Waals surface area contributed by atoms with Crippen LogP contribution in [0.15, 0.2) is 42.5 Å². The molecule has 1 heterocycles. The summed E-state index contributed by atoms with van der Waals surface area (Å²) >= 11 is 0. The van der Waals surface area contributed by atoms with Crippen molar-refractivity contribution in [3.63, 3.8) is 0 Å². The van der Waals surface area contributed by atoms with Gasteiger partial charge in [0, 0.05) is 6.92 Å². The lowest BCUT2D eigenvalue weighted by Gasteiger charge is -2.42. The molecule has 3 rings (SSSR count). The highest BCUT2D eigenvalue weighted by Gasteiger charge is 2.46. The standard InChI is InChI=1S/C18H21NO6/c1-10(21)19-15-17(23)16(22)14(9-20)25-18(15)24-13-7-6-11-4-2-3-5-12(11)8-13/h2-8,14-18,20,22-23H,9H2,1H3,(H,19,21)/t14-,15+,16-,17-,18-/m1/s1. The third-order valence-corrected chi connectivity index (χ3v) is 4.22. The normalized spacial score (nSPS) is 29.4. The topological polar surface area (TPSA) is 108 Å². The van der Waals surface area contributed by atoms with Crippen molar-refractivity contribution in [2.45, 2.75) is 37.6 Å². The van der Waals surface area contributed by atoms with Crippen LogP contribution in [0, 0.1) is 0 Å². The number of ether oxygens (including phenoxy) is 2. The summed E-state index contributed by atoms with van der Waals surface area (Å²) < 4.78 is 11.4. The minimum atomic E-state index is -1.33. The van der Waals surface area contributed by atoms with Crippen LogP contribution in [0.1, 0.15) is 6.92 Å². The molecule has 2 aromatic rings. The highest BCUT2D eigenvalue weighted by atomic mass is 16.7. The van der Waals surface area contributed by atoms with Crippen LogP contribution in [-0.4, -0.2) is 58.5 Å². The first-order chi connectivity index (χ1) is 12.0. The van der Waals surface area contributed by atoms with E-state index in [4.69, 9.17) is 9.47 Å². The Morgan fingerprint density at radius 3 is 2.56 bits per heavy atom. The molecule has 7 heteroatoms. The molecular weight excluding hydrogens is 326 g/mol. The Labute approximate surface area is 144 Å². The van der Waals surface area contributed by atoms with Crippen molar-refractivity contribution in [1.82, 2.24) is 5.32 Å². The first kappa shape index (κ1) is 17.6. The van der Waals surface area contributed by atoms with E-state index in [1.807, 2.05) is 36.4 Å². The van der Waals surface area contributed by atoms with Gasteiger partial charge < -0.3 is 30.1 Å². The number of carbonyl (C=O) groups is 1. The second-order valence-electron chi connectivity index (χ2n) is 6.06. The molecule has 2 aromatic carbocycles. The van der Waals surface area contributed by atoms with E-state index in [2.05, 4.69) is 5.32 Å². The molecule has 4 N–H and O–H groups in total. The molecule has 1 aliphatic heterocycles. The zero-order chi connectivity index (χ0) is 18.0. The Morgan fingerprint density at radius 2 is 1.88 bits per heavy atom. The molecule has 0 aliphatic carbocycles. The van der Waals surface area contributed by atoms with Crippen LogP contribution in [0.4, 0.5) is 0 Å². The molecule has 0 saturated carbocycles. The van der Waals surface area contributed by atoms with Crippen molar-refractivity contribution in [2.24, 2.45) is 0 Å². The number of fused-ring (bicyclic) bond motifs is 1. The lowest BCUT2D eigenvalue weighted by atomic mass is 9.97. The van der Waals surface area contributed by atoms with E-state index in [0.717, 1.165) is 10.8 Å². The molecular formula is C18H21NO6. The molecule has 25 heavy (non-hydrogen) atoms. The van der Waals surface area contributed by atoms with Crippen LogP contribution in [0.25, 0.3) is 10.8 Å². The summed E-state index contributed by atoms with van der Waals surface area (Å²) in [5.41, 5.74) is 0. The van der Waals surface area contributed by atoms with Gasteiger partial charge in [-0.2, -0.15) is 0 Å². The zero-order valence-corrected chi connectivity index (χ0v) is 13.7. The Balaban J connectivity index is 1.86. The van der Waals surface area contributed by atoms with E-state index in [0.29, 0.717) is 5.75 Å². The summed E-state index contributed by atoms with van der Waals surface area (Å²) in [4.78, 5) is 11.4. The van der Waals surface area contributed by atoms with Crippen LogP contribution >= 0.6 is 0 Å². The van der Waals surface area contributed by atoms with E-state index in [1.54, 1.807) is 6.07 Å². The quantitative estimate of drug-likeness (QED) is 0.628. The van der Waals surface area contributed by atoms with Crippen molar-refractivity contribution in [3.8, 4) is 5.75 Å². The Kier molecular flexibility index (Phi) is 5.19. The minimum absolute atomic E-state index is 0.394. The number of carbonyl (C=O) groups excluding carboxylic acids is 1. The van der Waals surface area contributed by atoms with Gasteiger partial charge in [-0.1, -0.05) is 30.3 Å². The number of hydrogen-bond acceptors (Lipinski definition) is 6. The van der Waals surface area contributed by atoms with Gasteiger partial charge in [-0.05, 0) is 22.9 Å². The SMILES string of the molecule is CC(=O)N[C@@H]1[C@H](Oc2ccc3ccccc3c2)O[C@H](CO)[C@@H](O)[C@@H]1O. The summed E-state index contributed by atoms with van der Waals surface area (Å²) in [5.74, 6) is 0.0914. The molecule has 0 radical (unpaired) electrons. The predicted octanol–water partition coefficient (Wildman–Crippen LogP) is 0.162. The molecule has 1 amide bonds. The number of rotatable bonds is 4. The van der Waals surface area contributed by atoms with Gasteiger partial charge in [0.2, 0.25) is 12.2 Å². The number of benzene rings is 2. The predicted molar refractivity (Wildman–Crippen MR) is 89.9 cm³/mol. The Bertz CT molecular complexity index is 751. The first-order valence-corrected chi connectivity index (χ1v) is 8.04. The lowest BCUT2D eigenvalue weighted by Crippen LogP contribution is -2.65. The van der Waals surface area contributed by atoms with Gasteiger partial charge in [0.15, 0.2) is 0 Å². The van der Waals surface area contributed by atoms with Crippen molar-refractivity contribution in [3.05, 3.63) is 42.5 Å². The number of amides is 1. The van der Waals surface area contributed by atoms with E-state index in [9.17, 15) is 20.1 Å². The van der Waals surface area contributed by atoms with Gasteiger partial charge in [-0.25, -0.2) is 0 Å². The van der Waals surface area contributed by atoms with Crippen LogP contribution < -0.4 is 10.1 Å². The molecule has 1 saturated heterocycles. The largest absolute Gasteiger partial charge is 0.463 e. The molecule has 1 fully saturated rings. The third kappa shape index (κ3) is 3.74. The molecule has 0 bridgehead atoms. The zero-order valence-electron chi connectivity index (χ0n) is 13.7. The van der Waals surface area contributed by atoms with Crippen LogP contribution in [0.2, 0.25) is 0 Å². The van der Waals surface area contributed by atoms with Gasteiger partial charge >= 0.3 is 0 Å². The fraction of sp³-hybridized carbons (Fsp3) is 0.389. The monoisotopic (exact) mass is 347 g/mol. The molecule has 1 aliphatic rings. The van der Waals surface area contributed by atoms with Crippen LogP contribution in [-0.2, 0) is 9.53 Å². The van der Waals surface area contributed by atoms with E-state index in [-0.39, 0.29) is 0 Å². The summed E-state index contributed by atoms with van der Waals surface area (Å²) in [6, 6.07) is 12.2. The first-order valence-electron chi connectivity index (χ1n) is 8.04. The molecule has 5 atom stereocenters. The van der Waals surface area contributed by atoms with Crippen molar-refractivity contribution < 1.29 is 29.6 Å². The third-order valence-electron chi connectivity index (χ3n) is 4.22. The average molecular weight is 347 g/mol. The van der Waals surface area contributed by atoms with Crippen LogP contribution in [0.3, 0.4) is 0 Å². The van der Waals surface area contributed by atoms with Gasteiger partial charge in [-0.3, -0.25) is 4.79 Å². The second-order valence-corrected chi connectivity index (χ2v) is 6.06. The van der Waals surface area contributed by atoms with E-state index >= 15 is 0 Å². The highest BCUT2D eigenvalue weighted by molar-refractivity contribution is 5.83. The second kappa shape index (κ2) is 7.37. The lowest BCUT2D eigenvalue weighted by molar-refractivity contribution is -0.244. The number of aliphatic hydroxyl groups excluding tert-OH is 3. The smallest absolute Gasteiger partial charge is 0.223 e. The van der Waals surface area contributed by atoms with Gasteiger partial charge in [0.1, 0.15) is 30.1 Å². The molecule has 7 nitrogen and oxygen atoms in total. The molecule has 134 valence electrons.